The molecule has 23 heavy (non-hydrogen) atoms. The third-order valence-corrected chi connectivity index (χ3v) is 4.32. The molecule has 0 aliphatic heterocycles. The first-order valence-corrected chi connectivity index (χ1v) is 9.27. The van der Waals surface area contributed by atoms with Gasteiger partial charge in [-0.1, -0.05) is 53.9 Å². The number of unbranched alkanes of at least 4 members (excludes halogenated alkanes) is 1. The molecule has 0 aromatic carbocycles. The Balaban J connectivity index is 4.96. The van der Waals surface area contributed by atoms with E-state index in [9.17, 15) is 9.59 Å². The summed E-state index contributed by atoms with van der Waals surface area (Å²) in [5.74, 6) is -0.0621. The van der Waals surface area contributed by atoms with Crippen LogP contribution in [0.5, 0.6) is 0 Å². The van der Waals surface area contributed by atoms with E-state index in [2.05, 4.69) is 26.1 Å². The molecule has 0 aliphatic carbocycles. The van der Waals surface area contributed by atoms with E-state index in [1.165, 1.54) is 0 Å². The molecule has 0 fully saturated rings. The van der Waals surface area contributed by atoms with E-state index in [1.54, 1.807) is 0 Å². The predicted octanol–water partition coefficient (Wildman–Crippen LogP) is 2.68. The van der Waals surface area contributed by atoms with Crippen LogP contribution in [-0.4, -0.2) is 41.9 Å². The molecule has 0 heterocycles. The molecule has 2 amide bonds. The van der Waals surface area contributed by atoms with Gasteiger partial charge in [-0.15, -0.1) is 0 Å². The Morgan fingerprint density at radius 3 is 2.04 bits per heavy atom. The van der Waals surface area contributed by atoms with Crippen LogP contribution < -0.4 is 11.1 Å². The van der Waals surface area contributed by atoms with Crippen LogP contribution in [-0.2, 0) is 9.59 Å². The van der Waals surface area contributed by atoms with Crippen molar-refractivity contribution in [1.29, 1.82) is 0 Å². The summed E-state index contributed by atoms with van der Waals surface area (Å²) in [6.45, 7) is 11.7. The van der Waals surface area contributed by atoms with Crippen LogP contribution in [0.1, 0.15) is 73.1 Å². The van der Waals surface area contributed by atoms with E-state index >= 15 is 0 Å². The minimum Gasteiger partial charge on any atom is -0.343 e. The number of hydrogen-bond donors (Lipinski definition) is 2. The Morgan fingerprint density at radius 2 is 1.61 bits per heavy atom. The van der Waals surface area contributed by atoms with Crippen LogP contribution in [0.15, 0.2) is 0 Å². The lowest BCUT2D eigenvalue weighted by atomic mass is 9.98. The number of nitrogens with zero attached hydrogens (tertiary/aromatic N) is 1. The van der Waals surface area contributed by atoms with Crippen LogP contribution in [0, 0.1) is 5.92 Å². The van der Waals surface area contributed by atoms with Crippen molar-refractivity contribution in [2.24, 2.45) is 11.7 Å². The van der Waals surface area contributed by atoms with Gasteiger partial charge in [-0.2, -0.15) is 0 Å². The minimum atomic E-state index is -0.553. The van der Waals surface area contributed by atoms with E-state index in [0.29, 0.717) is 6.42 Å². The highest BCUT2D eigenvalue weighted by Gasteiger charge is 2.28. The Hall–Kier alpha value is -1.10. The molecule has 3 atom stereocenters. The first kappa shape index (κ1) is 21.9. The molecular weight excluding hydrogens is 290 g/mol. The van der Waals surface area contributed by atoms with Gasteiger partial charge in [0.15, 0.2) is 0 Å². The second-order valence-electron chi connectivity index (χ2n) is 6.44. The first-order valence-electron chi connectivity index (χ1n) is 9.27. The Morgan fingerprint density at radius 1 is 1.04 bits per heavy atom. The average Bonchev–Trinajstić information content (AvgIpc) is 2.55. The van der Waals surface area contributed by atoms with Crippen LogP contribution in [0.25, 0.3) is 0 Å². The number of hydrogen-bond acceptors (Lipinski definition) is 3. The molecule has 0 aromatic rings. The fourth-order valence-corrected chi connectivity index (χ4v) is 2.54. The van der Waals surface area contributed by atoms with Crippen LogP contribution >= 0.6 is 0 Å². The van der Waals surface area contributed by atoms with Crippen LogP contribution in [0.3, 0.4) is 0 Å². The van der Waals surface area contributed by atoms with Gasteiger partial charge >= 0.3 is 0 Å². The van der Waals surface area contributed by atoms with Gasteiger partial charge in [-0.25, -0.2) is 0 Å². The van der Waals surface area contributed by atoms with E-state index in [-0.39, 0.29) is 17.7 Å². The third kappa shape index (κ3) is 7.82. The number of nitrogens with one attached hydrogen (secondary N) is 1. The smallest absolute Gasteiger partial charge is 0.245 e. The Bertz CT molecular complexity index is 341. The molecule has 3 N–H and O–H groups in total. The van der Waals surface area contributed by atoms with Crippen molar-refractivity contribution in [2.45, 2.75) is 85.2 Å². The lowest BCUT2D eigenvalue weighted by Gasteiger charge is -2.29. The van der Waals surface area contributed by atoms with Crippen molar-refractivity contribution in [3.05, 3.63) is 0 Å². The van der Waals surface area contributed by atoms with Crippen molar-refractivity contribution < 1.29 is 9.59 Å². The summed E-state index contributed by atoms with van der Waals surface area (Å²) >= 11 is 0. The molecule has 0 spiro atoms. The van der Waals surface area contributed by atoms with E-state index in [4.69, 9.17) is 5.73 Å². The van der Waals surface area contributed by atoms with Gasteiger partial charge < -0.3 is 16.0 Å². The van der Waals surface area contributed by atoms with E-state index in [1.807, 2.05) is 18.7 Å². The zero-order valence-electron chi connectivity index (χ0n) is 15.7. The van der Waals surface area contributed by atoms with Crippen molar-refractivity contribution in [3.63, 3.8) is 0 Å². The molecule has 0 aromatic heterocycles. The highest BCUT2D eigenvalue weighted by Crippen LogP contribution is 2.10. The maximum Gasteiger partial charge on any atom is 0.245 e. The summed E-state index contributed by atoms with van der Waals surface area (Å²) in [6, 6.07) is -1.00. The maximum atomic E-state index is 12.8. The van der Waals surface area contributed by atoms with Crippen LogP contribution in [0.4, 0.5) is 0 Å². The highest BCUT2D eigenvalue weighted by molar-refractivity contribution is 5.89. The zero-order valence-corrected chi connectivity index (χ0v) is 15.7. The van der Waals surface area contributed by atoms with Crippen LogP contribution in [0.2, 0.25) is 0 Å². The molecule has 0 radical (unpaired) electrons. The minimum absolute atomic E-state index is 0.0341. The van der Waals surface area contributed by atoms with Gasteiger partial charge in [0.1, 0.15) is 6.04 Å². The predicted molar refractivity (Wildman–Crippen MR) is 96.0 cm³/mol. The number of carbonyl (C=O) groups excluding carboxylic acids is 2. The zero-order chi connectivity index (χ0) is 17.8. The SMILES string of the molecule is CCCC[C@H](NC(=O)[C@@H](N)[C@@H](C)CC)C(=O)N(CCC)CCC. The summed E-state index contributed by atoms with van der Waals surface area (Å²) < 4.78 is 0. The number of nitrogens with two attached hydrogens (primary N) is 1. The molecule has 5 heteroatoms. The first-order chi connectivity index (χ1) is 10.9. The van der Waals surface area contributed by atoms with Gasteiger partial charge in [0, 0.05) is 13.1 Å². The molecule has 0 saturated carbocycles. The van der Waals surface area contributed by atoms with Gasteiger partial charge in [-0.05, 0) is 25.2 Å². The number of carbonyl (C=O) groups is 2. The molecule has 0 saturated heterocycles. The summed E-state index contributed by atoms with van der Waals surface area (Å²) in [7, 11) is 0. The largest absolute Gasteiger partial charge is 0.343 e. The van der Waals surface area contributed by atoms with E-state index in [0.717, 1.165) is 45.2 Å². The lowest BCUT2D eigenvalue weighted by Crippen LogP contribution is -2.54. The standard InChI is InChI=1S/C18H37N3O2/c1-6-10-11-15(18(23)21(12-7-2)13-8-3)20-17(22)16(19)14(5)9-4/h14-16H,6-13,19H2,1-5H3,(H,20,22)/t14-,15-,16-/m0/s1. The third-order valence-electron chi connectivity index (χ3n) is 4.32. The number of rotatable bonds is 12. The summed E-state index contributed by atoms with van der Waals surface area (Å²) in [5, 5.41) is 2.91. The summed E-state index contributed by atoms with van der Waals surface area (Å²) in [6.07, 6.45) is 5.29. The normalized spacial score (nSPS) is 14.9. The molecule has 5 nitrogen and oxygen atoms in total. The topological polar surface area (TPSA) is 75.4 Å². The fraction of sp³-hybridized carbons (Fsp3) is 0.889. The van der Waals surface area contributed by atoms with Gasteiger partial charge in [0.25, 0.3) is 0 Å². The molecular formula is C18H37N3O2. The fourth-order valence-electron chi connectivity index (χ4n) is 2.54. The molecule has 0 rings (SSSR count). The van der Waals surface area contributed by atoms with Gasteiger partial charge in [-0.3, -0.25) is 9.59 Å². The quantitative estimate of drug-likeness (QED) is 0.578. The second-order valence-corrected chi connectivity index (χ2v) is 6.44. The maximum absolute atomic E-state index is 12.8. The Kier molecular flexibility index (Phi) is 11.7. The van der Waals surface area contributed by atoms with Crippen molar-refractivity contribution in [3.8, 4) is 0 Å². The van der Waals surface area contributed by atoms with Gasteiger partial charge in [0.05, 0.1) is 6.04 Å². The molecule has 0 bridgehead atoms. The molecule has 0 aliphatic rings. The summed E-state index contributed by atoms with van der Waals surface area (Å²) in [5.41, 5.74) is 6.00. The van der Waals surface area contributed by atoms with Crippen molar-refractivity contribution in [2.75, 3.05) is 13.1 Å². The average molecular weight is 328 g/mol. The Labute approximate surface area is 142 Å². The molecule has 0 unspecified atom stereocenters. The van der Waals surface area contributed by atoms with Crippen molar-refractivity contribution in [1.82, 2.24) is 10.2 Å². The monoisotopic (exact) mass is 327 g/mol. The van der Waals surface area contributed by atoms with Gasteiger partial charge in [0.2, 0.25) is 11.8 Å². The number of amides is 2. The lowest BCUT2D eigenvalue weighted by molar-refractivity contribution is -0.137. The van der Waals surface area contributed by atoms with Crippen molar-refractivity contribution >= 4 is 11.8 Å². The second kappa shape index (κ2) is 12.3. The summed E-state index contributed by atoms with van der Waals surface area (Å²) in [4.78, 5) is 27.0. The van der Waals surface area contributed by atoms with E-state index < -0.39 is 12.1 Å². The highest BCUT2D eigenvalue weighted by atomic mass is 16.2. The molecule has 136 valence electrons.